The van der Waals surface area contributed by atoms with Crippen LogP contribution in [-0.4, -0.2) is 47.5 Å². The van der Waals surface area contributed by atoms with Crippen LogP contribution in [0.3, 0.4) is 0 Å². The maximum atomic E-state index is 13.0. The average molecular weight is 414 g/mol. The van der Waals surface area contributed by atoms with Gasteiger partial charge in [0.2, 0.25) is 5.91 Å². The quantitative estimate of drug-likeness (QED) is 0.668. The summed E-state index contributed by atoms with van der Waals surface area (Å²) in [4.78, 5) is 15.1. The van der Waals surface area contributed by atoms with E-state index in [1.54, 1.807) is 13.2 Å². The average Bonchev–Trinajstić information content (AvgIpc) is 3.17. The van der Waals surface area contributed by atoms with E-state index in [2.05, 4.69) is 31.0 Å². The molecule has 1 atom stereocenters. The number of benzene rings is 1. The van der Waals surface area contributed by atoms with Crippen molar-refractivity contribution in [2.75, 3.05) is 37.0 Å². The molecule has 1 aromatic carbocycles. The SMILES string of the molecule is COCCn1ccc2c(NC(=O)[C@H]3CCCN(c4ccc(Cl)nn4)C3)cccc21. The second-order valence-electron chi connectivity index (χ2n) is 7.23. The fourth-order valence-corrected chi connectivity index (χ4v) is 3.93. The number of aromatic nitrogens is 3. The Hall–Kier alpha value is -2.64. The standard InChI is InChI=1S/C21H24ClN5O2/c1-29-13-12-26-11-9-16-17(5-2-6-18(16)26)23-21(28)15-4-3-10-27(14-15)20-8-7-19(22)24-25-20/h2,5-9,11,15H,3-4,10,12-14H2,1H3,(H,23,28)/t15-/m0/s1. The molecule has 0 radical (unpaired) electrons. The van der Waals surface area contributed by atoms with Crippen LogP contribution in [0, 0.1) is 5.92 Å². The van der Waals surface area contributed by atoms with Crippen molar-refractivity contribution in [1.29, 1.82) is 0 Å². The Kier molecular flexibility index (Phi) is 5.97. The Labute approximate surface area is 174 Å². The first-order valence-electron chi connectivity index (χ1n) is 9.77. The number of fused-ring (bicyclic) bond motifs is 1. The fraction of sp³-hybridized carbons (Fsp3) is 0.381. The van der Waals surface area contributed by atoms with Gasteiger partial charge in [-0.25, -0.2) is 0 Å². The molecule has 1 amide bonds. The zero-order valence-electron chi connectivity index (χ0n) is 16.3. The molecule has 4 rings (SSSR count). The van der Waals surface area contributed by atoms with Crippen molar-refractivity contribution in [3.05, 3.63) is 47.7 Å². The van der Waals surface area contributed by atoms with Gasteiger partial charge in [0.05, 0.1) is 23.7 Å². The highest BCUT2D eigenvalue weighted by Crippen LogP contribution is 2.27. The van der Waals surface area contributed by atoms with Crippen LogP contribution in [0.1, 0.15) is 12.8 Å². The van der Waals surface area contributed by atoms with Crippen molar-refractivity contribution in [3.8, 4) is 0 Å². The third-order valence-corrected chi connectivity index (χ3v) is 5.54. The summed E-state index contributed by atoms with van der Waals surface area (Å²) < 4.78 is 7.31. The van der Waals surface area contributed by atoms with Crippen molar-refractivity contribution in [3.63, 3.8) is 0 Å². The third kappa shape index (κ3) is 4.36. The summed E-state index contributed by atoms with van der Waals surface area (Å²) in [7, 11) is 1.69. The van der Waals surface area contributed by atoms with Crippen LogP contribution < -0.4 is 10.2 Å². The number of nitrogens with one attached hydrogen (secondary N) is 1. The molecule has 29 heavy (non-hydrogen) atoms. The first kappa shape index (κ1) is 19.7. The van der Waals surface area contributed by atoms with Crippen LogP contribution in [0.25, 0.3) is 10.9 Å². The van der Waals surface area contributed by atoms with Gasteiger partial charge in [-0.15, -0.1) is 10.2 Å². The first-order chi connectivity index (χ1) is 14.2. The highest BCUT2D eigenvalue weighted by atomic mass is 35.5. The minimum Gasteiger partial charge on any atom is -0.383 e. The van der Waals surface area contributed by atoms with Crippen LogP contribution in [0.15, 0.2) is 42.6 Å². The lowest BCUT2D eigenvalue weighted by molar-refractivity contribution is -0.120. The molecule has 1 fully saturated rings. The lowest BCUT2D eigenvalue weighted by Gasteiger charge is -2.32. The van der Waals surface area contributed by atoms with Crippen LogP contribution in [0.2, 0.25) is 5.15 Å². The van der Waals surface area contributed by atoms with E-state index in [0.29, 0.717) is 18.3 Å². The molecule has 1 aliphatic rings. The summed E-state index contributed by atoms with van der Waals surface area (Å²) in [6.07, 6.45) is 3.81. The van der Waals surface area contributed by atoms with Crippen molar-refractivity contribution in [2.45, 2.75) is 19.4 Å². The van der Waals surface area contributed by atoms with Crippen molar-refractivity contribution in [1.82, 2.24) is 14.8 Å². The number of methoxy groups -OCH3 is 1. The number of anilines is 2. The minimum atomic E-state index is -0.105. The normalized spacial score (nSPS) is 16.9. The molecule has 1 aliphatic heterocycles. The molecule has 2 aromatic heterocycles. The minimum absolute atomic E-state index is 0.0359. The number of piperidine rings is 1. The third-order valence-electron chi connectivity index (χ3n) is 5.34. The van der Waals surface area contributed by atoms with Gasteiger partial charge < -0.3 is 19.5 Å². The Morgan fingerprint density at radius 3 is 2.97 bits per heavy atom. The number of carbonyl (C=O) groups excluding carboxylic acids is 1. The second kappa shape index (κ2) is 8.80. The van der Waals surface area contributed by atoms with Gasteiger partial charge in [0, 0.05) is 38.3 Å². The lowest BCUT2D eigenvalue weighted by Crippen LogP contribution is -2.41. The molecule has 0 unspecified atom stereocenters. The monoisotopic (exact) mass is 413 g/mol. The number of halogens is 1. The smallest absolute Gasteiger partial charge is 0.229 e. The Morgan fingerprint density at radius 2 is 2.17 bits per heavy atom. The fourth-order valence-electron chi connectivity index (χ4n) is 3.83. The summed E-state index contributed by atoms with van der Waals surface area (Å²) in [6.45, 7) is 2.90. The van der Waals surface area contributed by atoms with Crippen molar-refractivity contribution < 1.29 is 9.53 Å². The highest BCUT2D eigenvalue weighted by molar-refractivity contribution is 6.29. The Morgan fingerprint density at radius 1 is 1.28 bits per heavy atom. The van der Waals surface area contributed by atoms with E-state index in [-0.39, 0.29) is 11.8 Å². The second-order valence-corrected chi connectivity index (χ2v) is 7.62. The van der Waals surface area contributed by atoms with E-state index in [4.69, 9.17) is 16.3 Å². The molecule has 8 heteroatoms. The molecule has 1 saturated heterocycles. The van der Waals surface area contributed by atoms with Gasteiger partial charge in [-0.05, 0) is 43.2 Å². The Bertz CT molecular complexity index is 988. The molecular weight excluding hydrogens is 390 g/mol. The van der Waals surface area contributed by atoms with Crippen molar-refractivity contribution in [2.24, 2.45) is 5.92 Å². The molecule has 1 N–H and O–H groups in total. The van der Waals surface area contributed by atoms with E-state index >= 15 is 0 Å². The zero-order valence-corrected chi connectivity index (χ0v) is 17.1. The Balaban J connectivity index is 1.47. The molecule has 0 saturated carbocycles. The van der Waals surface area contributed by atoms with Crippen LogP contribution in [0.4, 0.5) is 11.5 Å². The summed E-state index contributed by atoms with van der Waals surface area (Å²) >= 11 is 5.83. The molecule has 7 nitrogen and oxygen atoms in total. The molecule has 0 aliphatic carbocycles. The van der Waals surface area contributed by atoms with Crippen LogP contribution >= 0.6 is 11.6 Å². The van der Waals surface area contributed by atoms with Gasteiger partial charge >= 0.3 is 0 Å². The first-order valence-corrected chi connectivity index (χ1v) is 10.2. The molecule has 0 spiro atoms. The van der Waals surface area contributed by atoms with Gasteiger partial charge in [0.25, 0.3) is 0 Å². The molecule has 3 aromatic rings. The number of carbonyl (C=O) groups is 1. The predicted octanol–water partition coefficient (Wildman–Crippen LogP) is 3.59. The number of rotatable bonds is 6. The van der Waals surface area contributed by atoms with E-state index in [1.807, 2.05) is 30.5 Å². The highest BCUT2D eigenvalue weighted by Gasteiger charge is 2.27. The van der Waals surface area contributed by atoms with E-state index < -0.39 is 0 Å². The molecule has 0 bridgehead atoms. The number of hydrogen-bond acceptors (Lipinski definition) is 5. The van der Waals surface area contributed by atoms with Crippen molar-refractivity contribution >= 4 is 39.9 Å². The largest absolute Gasteiger partial charge is 0.383 e. The number of hydrogen-bond donors (Lipinski definition) is 1. The maximum absolute atomic E-state index is 13.0. The van der Waals surface area contributed by atoms with Gasteiger partial charge in [-0.3, -0.25) is 4.79 Å². The summed E-state index contributed by atoms with van der Waals surface area (Å²) in [5.74, 6) is 0.685. The molecule has 3 heterocycles. The maximum Gasteiger partial charge on any atom is 0.229 e. The summed E-state index contributed by atoms with van der Waals surface area (Å²) in [5, 5.41) is 12.6. The van der Waals surface area contributed by atoms with Gasteiger partial charge in [-0.2, -0.15) is 0 Å². The van der Waals surface area contributed by atoms with Gasteiger partial charge in [-0.1, -0.05) is 17.7 Å². The molecular formula is C21H24ClN5O2. The van der Waals surface area contributed by atoms with E-state index in [0.717, 1.165) is 48.3 Å². The lowest BCUT2D eigenvalue weighted by atomic mass is 9.97. The topological polar surface area (TPSA) is 72.3 Å². The number of ether oxygens (including phenoxy) is 1. The van der Waals surface area contributed by atoms with Crippen LogP contribution in [-0.2, 0) is 16.1 Å². The predicted molar refractivity (Wildman–Crippen MR) is 114 cm³/mol. The van der Waals surface area contributed by atoms with Gasteiger partial charge in [0.15, 0.2) is 11.0 Å². The van der Waals surface area contributed by atoms with Crippen LogP contribution in [0.5, 0.6) is 0 Å². The molecule has 152 valence electrons. The zero-order chi connectivity index (χ0) is 20.2. The number of nitrogens with zero attached hydrogens (tertiary/aromatic N) is 4. The van der Waals surface area contributed by atoms with Gasteiger partial charge in [0.1, 0.15) is 0 Å². The van der Waals surface area contributed by atoms with E-state index in [1.165, 1.54) is 0 Å². The van der Waals surface area contributed by atoms with E-state index in [9.17, 15) is 4.79 Å². The summed E-state index contributed by atoms with van der Waals surface area (Å²) in [6, 6.07) is 11.6. The summed E-state index contributed by atoms with van der Waals surface area (Å²) in [5.41, 5.74) is 1.92. The number of amides is 1.